The standard InChI is InChI=1S/C8H5NO.C8H8O/c9-5-7-1-3-8(6-10)4-2-7;1-7-2-4-8(6-9)5-3-7/h1-4,6H;2-6H,1H3. The molecule has 0 spiro atoms. The molecule has 0 saturated heterocycles. The van der Waals surface area contributed by atoms with Gasteiger partial charge in [0.25, 0.3) is 0 Å². The van der Waals surface area contributed by atoms with Gasteiger partial charge in [-0.1, -0.05) is 42.0 Å². The summed E-state index contributed by atoms with van der Waals surface area (Å²) in [6.45, 7) is 1.99. The van der Waals surface area contributed by atoms with E-state index in [-0.39, 0.29) is 0 Å². The molecule has 3 heteroatoms. The molecule has 0 aliphatic carbocycles. The molecule has 0 unspecified atom stereocenters. The lowest BCUT2D eigenvalue weighted by molar-refractivity contribution is 0.111. The molecule has 0 aliphatic rings. The Morgan fingerprint density at radius 3 is 1.63 bits per heavy atom. The van der Waals surface area contributed by atoms with Crippen LogP contribution in [0, 0.1) is 18.3 Å². The van der Waals surface area contributed by atoms with E-state index in [0.717, 1.165) is 18.1 Å². The summed E-state index contributed by atoms with van der Waals surface area (Å²) in [5.41, 5.74) is 3.09. The minimum Gasteiger partial charge on any atom is -0.298 e. The fourth-order valence-corrected chi connectivity index (χ4v) is 1.28. The second kappa shape index (κ2) is 7.57. The van der Waals surface area contributed by atoms with E-state index in [1.807, 2.05) is 37.3 Å². The Balaban J connectivity index is 0.000000191. The van der Waals surface area contributed by atoms with Crippen molar-refractivity contribution in [3.63, 3.8) is 0 Å². The number of carbonyl (C=O) groups excluding carboxylic acids is 2. The van der Waals surface area contributed by atoms with Crippen LogP contribution in [0.5, 0.6) is 0 Å². The third-order valence-corrected chi connectivity index (χ3v) is 2.39. The lowest BCUT2D eigenvalue weighted by atomic mass is 10.2. The second-order valence-corrected chi connectivity index (χ2v) is 3.88. The number of nitriles is 1. The molecule has 0 saturated carbocycles. The number of nitrogens with zero attached hydrogens (tertiary/aromatic N) is 1. The Bertz CT molecular complexity index is 578. The first-order valence-electron chi connectivity index (χ1n) is 5.67. The van der Waals surface area contributed by atoms with Crippen LogP contribution in [0.3, 0.4) is 0 Å². The van der Waals surface area contributed by atoms with Crippen LogP contribution in [0.1, 0.15) is 31.8 Å². The number of benzene rings is 2. The van der Waals surface area contributed by atoms with Crippen molar-refractivity contribution in [3.8, 4) is 6.07 Å². The summed E-state index contributed by atoms with van der Waals surface area (Å²) < 4.78 is 0. The monoisotopic (exact) mass is 251 g/mol. The summed E-state index contributed by atoms with van der Waals surface area (Å²) in [6.07, 6.45) is 1.60. The normalized spacial score (nSPS) is 8.63. The number of aryl methyl sites for hydroxylation is 1. The predicted octanol–water partition coefficient (Wildman–Crippen LogP) is 3.18. The molecule has 0 fully saturated rings. The Kier molecular flexibility index (Phi) is 5.71. The van der Waals surface area contributed by atoms with E-state index in [9.17, 15) is 9.59 Å². The molecule has 0 atom stereocenters. The zero-order valence-electron chi connectivity index (χ0n) is 10.5. The maximum atomic E-state index is 10.1. The van der Waals surface area contributed by atoms with Crippen molar-refractivity contribution in [1.82, 2.24) is 0 Å². The number of hydrogen-bond acceptors (Lipinski definition) is 3. The molecule has 0 aromatic heterocycles. The Morgan fingerprint density at radius 1 is 0.842 bits per heavy atom. The first kappa shape index (κ1) is 14.3. The van der Waals surface area contributed by atoms with Crippen LogP contribution in [0.25, 0.3) is 0 Å². The lowest BCUT2D eigenvalue weighted by Crippen LogP contribution is -1.78. The molecule has 3 nitrogen and oxygen atoms in total. The first-order valence-corrected chi connectivity index (χ1v) is 5.67. The highest BCUT2D eigenvalue weighted by Gasteiger charge is 1.89. The Morgan fingerprint density at radius 2 is 1.26 bits per heavy atom. The fourth-order valence-electron chi connectivity index (χ4n) is 1.28. The topological polar surface area (TPSA) is 57.9 Å². The molecule has 2 rings (SSSR count). The molecule has 0 amide bonds. The quantitative estimate of drug-likeness (QED) is 0.770. The van der Waals surface area contributed by atoms with Crippen LogP contribution in [0.4, 0.5) is 0 Å². The van der Waals surface area contributed by atoms with Crippen molar-refractivity contribution < 1.29 is 9.59 Å². The third kappa shape index (κ3) is 4.97. The van der Waals surface area contributed by atoms with E-state index in [4.69, 9.17) is 5.26 Å². The van der Waals surface area contributed by atoms with Gasteiger partial charge in [-0.2, -0.15) is 5.26 Å². The molecular formula is C16H13NO2. The summed E-state index contributed by atoms with van der Waals surface area (Å²) in [7, 11) is 0. The second-order valence-electron chi connectivity index (χ2n) is 3.88. The van der Waals surface area contributed by atoms with E-state index < -0.39 is 0 Å². The van der Waals surface area contributed by atoms with Gasteiger partial charge in [0, 0.05) is 11.1 Å². The van der Waals surface area contributed by atoms with Crippen molar-refractivity contribution in [2.45, 2.75) is 6.92 Å². The number of rotatable bonds is 2. The maximum Gasteiger partial charge on any atom is 0.150 e. The smallest absolute Gasteiger partial charge is 0.150 e. The molecule has 2 aromatic rings. The lowest BCUT2D eigenvalue weighted by Gasteiger charge is -1.89. The fraction of sp³-hybridized carbons (Fsp3) is 0.0625. The predicted molar refractivity (Wildman–Crippen MR) is 73.1 cm³/mol. The summed E-state index contributed by atoms with van der Waals surface area (Å²) in [5.74, 6) is 0. The average Bonchev–Trinajstić information content (AvgIpc) is 2.49. The molecule has 0 N–H and O–H groups in total. The van der Waals surface area contributed by atoms with Gasteiger partial charge < -0.3 is 0 Å². The van der Waals surface area contributed by atoms with Gasteiger partial charge in [0.2, 0.25) is 0 Å². The largest absolute Gasteiger partial charge is 0.298 e. The molecule has 2 aromatic carbocycles. The number of aldehydes is 2. The van der Waals surface area contributed by atoms with E-state index in [0.29, 0.717) is 11.1 Å². The average molecular weight is 251 g/mol. The molecule has 0 radical (unpaired) electrons. The van der Waals surface area contributed by atoms with Crippen LogP contribution in [0.15, 0.2) is 48.5 Å². The molecule has 0 aliphatic heterocycles. The summed E-state index contributed by atoms with van der Waals surface area (Å²) >= 11 is 0. The van der Waals surface area contributed by atoms with E-state index in [1.165, 1.54) is 5.56 Å². The highest BCUT2D eigenvalue weighted by molar-refractivity contribution is 5.75. The number of hydrogen-bond donors (Lipinski definition) is 0. The van der Waals surface area contributed by atoms with Crippen LogP contribution >= 0.6 is 0 Å². The molecule has 0 bridgehead atoms. The van der Waals surface area contributed by atoms with Gasteiger partial charge in [0.05, 0.1) is 11.6 Å². The van der Waals surface area contributed by atoms with Crippen LogP contribution in [-0.4, -0.2) is 12.6 Å². The highest BCUT2D eigenvalue weighted by Crippen LogP contribution is 2.00. The van der Waals surface area contributed by atoms with E-state index in [2.05, 4.69) is 0 Å². The van der Waals surface area contributed by atoms with Gasteiger partial charge in [-0.25, -0.2) is 0 Å². The Hall–Kier alpha value is -2.73. The molecular weight excluding hydrogens is 238 g/mol. The van der Waals surface area contributed by atoms with Crippen LogP contribution in [0.2, 0.25) is 0 Å². The molecule has 0 heterocycles. The van der Waals surface area contributed by atoms with Gasteiger partial charge >= 0.3 is 0 Å². The van der Waals surface area contributed by atoms with Gasteiger partial charge in [0.1, 0.15) is 12.6 Å². The molecule has 94 valence electrons. The van der Waals surface area contributed by atoms with Crippen LogP contribution in [-0.2, 0) is 0 Å². The van der Waals surface area contributed by atoms with Crippen molar-refractivity contribution in [3.05, 3.63) is 70.8 Å². The summed E-state index contributed by atoms with van der Waals surface area (Å²) in [6, 6.07) is 15.9. The van der Waals surface area contributed by atoms with Crippen molar-refractivity contribution in [2.75, 3.05) is 0 Å². The van der Waals surface area contributed by atoms with Gasteiger partial charge in [-0.15, -0.1) is 0 Å². The van der Waals surface area contributed by atoms with Crippen LogP contribution < -0.4 is 0 Å². The van der Waals surface area contributed by atoms with E-state index in [1.54, 1.807) is 24.3 Å². The first-order chi connectivity index (χ1) is 9.19. The molecule has 19 heavy (non-hydrogen) atoms. The summed E-state index contributed by atoms with van der Waals surface area (Å²) in [4.78, 5) is 20.2. The minimum absolute atomic E-state index is 0.575. The zero-order chi connectivity index (χ0) is 14.1. The van der Waals surface area contributed by atoms with Crippen molar-refractivity contribution in [2.24, 2.45) is 0 Å². The number of carbonyl (C=O) groups is 2. The summed E-state index contributed by atoms with van der Waals surface area (Å²) in [5, 5.41) is 8.36. The van der Waals surface area contributed by atoms with Crippen molar-refractivity contribution >= 4 is 12.6 Å². The maximum absolute atomic E-state index is 10.1. The van der Waals surface area contributed by atoms with E-state index >= 15 is 0 Å². The highest BCUT2D eigenvalue weighted by atomic mass is 16.1. The third-order valence-electron chi connectivity index (χ3n) is 2.39. The van der Waals surface area contributed by atoms with Gasteiger partial charge in [-0.3, -0.25) is 9.59 Å². The zero-order valence-corrected chi connectivity index (χ0v) is 10.5. The SMILES string of the molecule is Cc1ccc(C=O)cc1.N#Cc1ccc(C=O)cc1. The van der Waals surface area contributed by atoms with Crippen molar-refractivity contribution in [1.29, 1.82) is 5.26 Å². The Labute approximate surface area is 112 Å². The van der Waals surface area contributed by atoms with Gasteiger partial charge in [-0.05, 0) is 19.1 Å². The minimum atomic E-state index is 0.575. The van der Waals surface area contributed by atoms with Gasteiger partial charge in [0.15, 0.2) is 0 Å².